The van der Waals surface area contributed by atoms with Crippen LogP contribution in [0.2, 0.25) is 0 Å². The SMILES string of the molecule is CCCN1CC(NCC(=O)Nc2ccc(C)c(F)c2)CC1=O. The number of amides is 2. The van der Waals surface area contributed by atoms with E-state index in [2.05, 4.69) is 10.6 Å². The lowest BCUT2D eigenvalue weighted by Crippen LogP contribution is -2.38. The van der Waals surface area contributed by atoms with E-state index in [9.17, 15) is 14.0 Å². The molecule has 0 spiro atoms. The fourth-order valence-corrected chi connectivity index (χ4v) is 2.51. The molecular weight excluding hydrogens is 285 g/mol. The smallest absolute Gasteiger partial charge is 0.238 e. The zero-order valence-corrected chi connectivity index (χ0v) is 13.0. The number of nitrogens with zero attached hydrogens (tertiary/aromatic N) is 1. The topological polar surface area (TPSA) is 61.4 Å². The Balaban J connectivity index is 1.78. The number of hydrogen-bond acceptors (Lipinski definition) is 3. The molecule has 0 bridgehead atoms. The van der Waals surface area contributed by atoms with Crippen LogP contribution in [0.1, 0.15) is 25.3 Å². The summed E-state index contributed by atoms with van der Waals surface area (Å²) in [7, 11) is 0. The third kappa shape index (κ3) is 4.27. The molecule has 1 fully saturated rings. The maximum Gasteiger partial charge on any atom is 0.238 e. The fraction of sp³-hybridized carbons (Fsp3) is 0.500. The Morgan fingerprint density at radius 3 is 2.91 bits per heavy atom. The van der Waals surface area contributed by atoms with Crippen molar-refractivity contribution in [3.63, 3.8) is 0 Å². The van der Waals surface area contributed by atoms with Crippen LogP contribution in [0, 0.1) is 12.7 Å². The van der Waals surface area contributed by atoms with E-state index >= 15 is 0 Å². The molecule has 0 aliphatic carbocycles. The molecule has 6 heteroatoms. The highest BCUT2D eigenvalue weighted by Gasteiger charge is 2.28. The van der Waals surface area contributed by atoms with Crippen LogP contribution < -0.4 is 10.6 Å². The first-order valence-electron chi connectivity index (χ1n) is 7.56. The molecule has 1 saturated heterocycles. The minimum atomic E-state index is -0.345. The maximum atomic E-state index is 13.4. The molecule has 1 aliphatic heterocycles. The van der Waals surface area contributed by atoms with Gasteiger partial charge in [0.25, 0.3) is 0 Å². The first-order valence-corrected chi connectivity index (χ1v) is 7.56. The summed E-state index contributed by atoms with van der Waals surface area (Å²) in [4.78, 5) is 25.4. The number of benzene rings is 1. The van der Waals surface area contributed by atoms with Gasteiger partial charge in [0.15, 0.2) is 0 Å². The van der Waals surface area contributed by atoms with Crippen LogP contribution in [-0.2, 0) is 9.59 Å². The molecule has 1 aromatic rings. The Hall–Kier alpha value is -1.95. The van der Waals surface area contributed by atoms with Crippen molar-refractivity contribution in [2.24, 2.45) is 0 Å². The van der Waals surface area contributed by atoms with Crippen molar-refractivity contribution in [2.75, 3.05) is 25.0 Å². The molecule has 0 radical (unpaired) electrons. The van der Waals surface area contributed by atoms with Gasteiger partial charge in [0.05, 0.1) is 6.54 Å². The first-order chi connectivity index (χ1) is 10.5. The number of anilines is 1. The summed E-state index contributed by atoms with van der Waals surface area (Å²) in [6.07, 6.45) is 1.35. The average Bonchev–Trinajstić information content (AvgIpc) is 2.82. The van der Waals surface area contributed by atoms with Crippen molar-refractivity contribution in [3.05, 3.63) is 29.6 Å². The second kappa shape index (κ2) is 7.35. The summed E-state index contributed by atoms with van der Waals surface area (Å²) in [5.74, 6) is -0.465. The highest BCUT2D eigenvalue weighted by atomic mass is 19.1. The number of rotatable bonds is 6. The largest absolute Gasteiger partial charge is 0.341 e. The summed E-state index contributed by atoms with van der Waals surface area (Å²) in [6.45, 7) is 5.20. The summed E-state index contributed by atoms with van der Waals surface area (Å²) >= 11 is 0. The van der Waals surface area contributed by atoms with Gasteiger partial charge in [0, 0.05) is 31.2 Å². The van der Waals surface area contributed by atoms with Gasteiger partial charge < -0.3 is 15.5 Å². The van der Waals surface area contributed by atoms with E-state index in [1.165, 1.54) is 6.07 Å². The Labute approximate surface area is 129 Å². The first kappa shape index (κ1) is 16.4. The van der Waals surface area contributed by atoms with Crippen LogP contribution in [0.3, 0.4) is 0 Å². The van der Waals surface area contributed by atoms with Gasteiger partial charge in [-0.15, -0.1) is 0 Å². The van der Waals surface area contributed by atoms with Crippen LogP contribution in [-0.4, -0.2) is 42.4 Å². The van der Waals surface area contributed by atoms with Gasteiger partial charge in [0.2, 0.25) is 11.8 Å². The second-order valence-corrected chi connectivity index (χ2v) is 5.63. The molecule has 2 rings (SSSR count). The van der Waals surface area contributed by atoms with Crippen LogP contribution in [0.25, 0.3) is 0 Å². The van der Waals surface area contributed by atoms with E-state index in [1.54, 1.807) is 19.1 Å². The summed E-state index contributed by atoms with van der Waals surface area (Å²) in [5.41, 5.74) is 0.974. The molecule has 5 nitrogen and oxygen atoms in total. The van der Waals surface area contributed by atoms with E-state index in [-0.39, 0.29) is 30.2 Å². The maximum absolute atomic E-state index is 13.4. The molecule has 2 amide bonds. The lowest BCUT2D eigenvalue weighted by molar-refractivity contribution is -0.127. The van der Waals surface area contributed by atoms with E-state index in [0.29, 0.717) is 24.2 Å². The molecule has 1 aliphatic rings. The molecule has 1 atom stereocenters. The number of aryl methyl sites for hydroxylation is 1. The number of likely N-dealkylation sites (tertiary alicyclic amines) is 1. The summed E-state index contributed by atoms with van der Waals surface area (Å²) < 4.78 is 13.4. The molecule has 0 saturated carbocycles. The number of halogens is 1. The molecule has 2 N–H and O–H groups in total. The van der Waals surface area contributed by atoms with Gasteiger partial charge in [-0.3, -0.25) is 9.59 Å². The van der Waals surface area contributed by atoms with Crippen molar-refractivity contribution in [1.82, 2.24) is 10.2 Å². The fourth-order valence-electron chi connectivity index (χ4n) is 2.51. The van der Waals surface area contributed by atoms with Gasteiger partial charge in [-0.05, 0) is 31.0 Å². The predicted octanol–water partition coefficient (Wildman–Crippen LogP) is 1.67. The second-order valence-electron chi connectivity index (χ2n) is 5.63. The van der Waals surface area contributed by atoms with Crippen molar-refractivity contribution in [2.45, 2.75) is 32.7 Å². The Morgan fingerprint density at radius 1 is 1.45 bits per heavy atom. The minimum Gasteiger partial charge on any atom is -0.341 e. The standard InChI is InChI=1S/C16H22FN3O2/c1-3-6-20-10-13(8-16(20)22)18-9-15(21)19-12-5-4-11(2)14(17)7-12/h4-5,7,13,18H,3,6,8-10H2,1-2H3,(H,19,21). The molecule has 1 aromatic carbocycles. The average molecular weight is 307 g/mol. The predicted molar refractivity (Wildman–Crippen MR) is 83.0 cm³/mol. The number of hydrogen-bond donors (Lipinski definition) is 2. The number of carbonyl (C=O) groups excluding carboxylic acids is 2. The molecule has 1 heterocycles. The molecule has 0 aromatic heterocycles. The highest BCUT2D eigenvalue weighted by molar-refractivity contribution is 5.92. The Bertz CT molecular complexity index is 562. The molecular formula is C16H22FN3O2. The molecule has 1 unspecified atom stereocenters. The van der Waals surface area contributed by atoms with Crippen molar-refractivity contribution >= 4 is 17.5 Å². The third-order valence-electron chi connectivity index (χ3n) is 3.71. The van der Waals surface area contributed by atoms with E-state index in [4.69, 9.17) is 0 Å². The van der Waals surface area contributed by atoms with Gasteiger partial charge in [-0.1, -0.05) is 13.0 Å². The summed E-state index contributed by atoms with van der Waals surface area (Å²) in [6, 6.07) is 4.59. The van der Waals surface area contributed by atoms with Crippen LogP contribution in [0.4, 0.5) is 10.1 Å². The number of carbonyl (C=O) groups is 2. The van der Waals surface area contributed by atoms with Gasteiger partial charge >= 0.3 is 0 Å². The zero-order chi connectivity index (χ0) is 16.1. The third-order valence-corrected chi connectivity index (χ3v) is 3.71. The monoisotopic (exact) mass is 307 g/mol. The minimum absolute atomic E-state index is 0.000413. The van der Waals surface area contributed by atoms with Gasteiger partial charge in [-0.2, -0.15) is 0 Å². The van der Waals surface area contributed by atoms with Crippen LogP contribution in [0.5, 0.6) is 0 Å². The molecule has 22 heavy (non-hydrogen) atoms. The summed E-state index contributed by atoms with van der Waals surface area (Å²) in [5, 5.41) is 5.72. The van der Waals surface area contributed by atoms with Gasteiger partial charge in [-0.25, -0.2) is 4.39 Å². The van der Waals surface area contributed by atoms with Crippen LogP contribution in [0.15, 0.2) is 18.2 Å². The lowest BCUT2D eigenvalue weighted by Gasteiger charge is -2.16. The van der Waals surface area contributed by atoms with Crippen molar-refractivity contribution in [1.29, 1.82) is 0 Å². The lowest BCUT2D eigenvalue weighted by atomic mass is 10.2. The van der Waals surface area contributed by atoms with Crippen molar-refractivity contribution < 1.29 is 14.0 Å². The van der Waals surface area contributed by atoms with E-state index in [1.807, 2.05) is 11.8 Å². The van der Waals surface area contributed by atoms with Crippen LogP contribution >= 0.6 is 0 Å². The normalized spacial score (nSPS) is 17.9. The molecule has 120 valence electrons. The Morgan fingerprint density at radius 2 is 2.23 bits per heavy atom. The van der Waals surface area contributed by atoms with E-state index in [0.717, 1.165) is 13.0 Å². The Kier molecular flexibility index (Phi) is 5.49. The van der Waals surface area contributed by atoms with Gasteiger partial charge in [0.1, 0.15) is 5.82 Å². The number of nitrogens with one attached hydrogen (secondary N) is 2. The van der Waals surface area contributed by atoms with E-state index < -0.39 is 0 Å². The highest BCUT2D eigenvalue weighted by Crippen LogP contribution is 2.14. The quantitative estimate of drug-likeness (QED) is 0.840. The zero-order valence-electron chi connectivity index (χ0n) is 13.0. The van der Waals surface area contributed by atoms with Crippen molar-refractivity contribution in [3.8, 4) is 0 Å².